The number of allylic oxidation sites excluding steroid dienone is 3. The number of hydrogen-bond acceptors (Lipinski definition) is 7. The van der Waals surface area contributed by atoms with Crippen molar-refractivity contribution in [1.29, 1.82) is 0 Å². The number of rotatable bonds is 6. The number of nitrogens with one attached hydrogen (secondary N) is 1. The lowest BCUT2D eigenvalue weighted by Crippen LogP contribution is -2.34. The maximum atomic E-state index is 13.3. The van der Waals surface area contributed by atoms with Crippen LogP contribution in [-0.2, 0) is 20.9 Å². The average molecular weight is 448 g/mol. The van der Waals surface area contributed by atoms with Crippen molar-refractivity contribution in [1.82, 2.24) is 5.32 Å². The van der Waals surface area contributed by atoms with Crippen LogP contribution in [0.1, 0.15) is 43.2 Å². The fourth-order valence-electron chi connectivity index (χ4n) is 4.35. The van der Waals surface area contributed by atoms with Crippen molar-refractivity contribution in [3.63, 3.8) is 0 Å². The summed E-state index contributed by atoms with van der Waals surface area (Å²) < 4.78 is 10.8. The Morgan fingerprint density at radius 3 is 2.64 bits per heavy atom. The number of carbonyl (C=O) groups is 2. The number of ketones is 1. The third kappa shape index (κ3) is 4.50. The molecule has 1 N–H and O–H groups in total. The number of dihydropyridines is 1. The van der Waals surface area contributed by atoms with Crippen molar-refractivity contribution in [3.8, 4) is 5.75 Å². The first kappa shape index (κ1) is 22.3. The Kier molecular flexibility index (Phi) is 6.26. The molecule has 0 saturated carbocycles. The van der Waals surface area contributed by atoms with Crippen LogP contribution in [0.2, 0.25) is 0 Å². The molecular formula is C25H24N2O6. The molecule has 0 radical (unpaired) electrons. The van der Waals surface area contributed by atoms with E-state index in [1.54, 1.807) is 50.4 Å². The Morgan fingerprint density at radius 1 is 1.18 bits per heavy atom. The van der Waals surface area contributed by atoms with Crippen LogP contribution in [0, 0.1) is 10.1 Å². The molecule has 33 heavy (non-hydrogen) atoms. The number of nitro benzene ring substituents is 1. The Bertz CT molecular complexity index is 1180. The number of carbonyl (C=O) groups excluding carboxylic acids is 2. The van der Waals surface area contributed by atoms with E-state index in [0.717, 1.165) is 17.7 Å². The van der Waals surface area contributed by atoms with Crippen LogP contribution in [-0.4, -0.2) is 23.8 Å². The number of nitro groups is 1. The highest BCUT2D eigenvalue weighted by Gasteiger charge is 2.39. The van der Waals surface area contributed by atoms with E-state index in [4.69, 9.17) is 9.47 Å². The van der Waals surface area contributed by atoms with Gasteiger partial charge in [0.2, 0.25) is 0 Å². The maximum Gasteiger partial charge on any atom is 0.337 e. The molecule has 0 aromatic heterocycles. The average Bonchev–Trinajstić information content (AvgIpc) is 2.82. The topological polar surface area (TPSA) is 108 Å². The van der Waals surface area contributed by atoms with E-state index >= 15 is 0 Å². The molecule has 2 aromatic rings. The van der Waals surface area contributed by atoms with Gasteiger partial charge in [-0.1, -0.05) is 24.3 Å². The number of ether oxygens (including phenoxy) is 2. The lowest BCUT2D eigenvalue weighted by Gasteiger charge is -2.34. The van der Waals surface area contributed by atoms with Crippen LogP contribution < -0.4 is 10.1 Å². The van der Waals surface area contributed by atoms with Gasteiger partial charge in [0.15, 0.2) is 5.78 Å². The van der Waals surface area contributed by atoms with Crippen LogP contribution in [0.15, 0.2) is 71.1 Å². The molecule has 0 saturated heterocycles. The number of non-ortho nitro benzene ring substituents is 1. The Labute approximate surface area is 191 Å². The lowest BCUT2D eigenvalue weighted by molar-refractivity contribution is -0.384. The van der Waals surface area contributed by atoms with Crippen molar-refractivity contribution in [3.05, 3.63) is 92.3 Å². The van der Waals surface area contributed by atoms with E-state index in [9.17, 15) is 19.7 Å². The molecule has 1 aliphatic carbocycles. The Balaban J connectivity index is 1.69. The van der Waals surface area contributed by atoms with Gasteiger partial charge in [0.25, 0.3) is 5.69 Å². The first-order valence-electron chi connectivity index (χ1n) is 10.7. The molecular weight excluding hydrogens is 424 g/mol. The molecule has 8 nitrogen and oxygen atoms in total. The van der Waals surface area contributed by atoms with Crippen LogP contribution in [0.4, 0.5) is 5.69 Å². The van der Waals surface area contributed by atoms with E-state index < -0.39 is 16.8 Å². The quantitative estimate of drug-likeness (QED) is 0.398. The van der Waals surface area contributed by atoms with Gasteiger partial charge in [-0.3, -0.25) is 14.9 Å². The number of esters is 1. The van der Waals surface area contributed by atoms with Gasteiger partial charge in [-0.15, -0.1) is 0 Å². The van der Waals surface area contributed by atoms with E-state index in [1.165, 1.54) is 12.1 Å². The van der Waals surface area contributed by atoms with Crippen LogP contribution in [0.3, 0.4) is 0 Å². The standard InChI is InChI=1S/C25H24N2O6/c1-15-22(25(29)33-14-16-9-11-19(32-2)12-10-16)23(17-5-3-6-18(13-17)27(30)31)24-20(26-15)7-4-8-21(24)28/h3,5-6,9-13,23,26H,4,7-8,14H2,1-2H3/t23-/m0/s1. The van der Waals surface area contributed by atoms with E-state index in [0.29, 0.717) is 35.4 Å². The summed E-state index contributed by atoms with van der Waals surface area (Å²) in [6.07, 6.45) is 1.77. The predicted octanol–water partition coefficient (Wildman–Crippen LogP) is 4.31. The van der Waals surface area contributed by atoms with Crippen molar-refractivity contribution in [2.45, 2.75) is 38.7 Å². The zero-order valence-electron chi connectivity index (χ0n) is 18.4. The van der Waals surface area contributed by atoms with Gasteiger partial charge in [0, 0.05) is 41.4 Å². The highest BCUT2D eigenvalue weighted by atomic mass is 16.6. The van der Waals surface area contributed by atoms with Crippen LogP contribution in [0.5, 0.6) is 5.75 Å². The highest BCUT2D eigenvalue weighted by Crippen LogP contribution is 2.43. The van der Waals surface area contributed by atoms with Gasteiger partial charge in [-0.2, -0.15) is 0 Å². The normalized spacial score (nSPS) is 17.9. The van der Waals surface area contributed by atoms with Crippen LogP contribution >= 0.6 is 0 Å². The van der Waals surface area contributed by atoms with Gasteiger partial charge >= 0.3 is 5.97 Å². The summed E-state index contributed by atoms with van der Waals surface area (Å²) in [6, 6.07) is 13.2. The first-order valence-corrected chi connectivity index (χ1v) is 10.7. The third-order valence-electron chi connectivity index (χ3n) is 5.94. The summed E-state index contributed by atoms with van der Waals surface area (Å²) in [6.45, 7) is 1.80. The van der Waals surface area contributed by atoms with Gasteiger partial charge in [-0.25, -0.2) is 4.79 Å². The molecule has 1 atom stereocenters. The third-order valence-corrected chi connectivity index (χ3v) is 5.94. The second kappa shape index (κ2) is 9.28. The van der Waals surface area contributed by atoms with Crippen molar-refractivity contribution in [2.75, 3.05) is 7.11 Å². The number of benzene rings is 2. The van der Waals surface area contributed by atoms with Gasteiger partial charge < -0.3 is 14.8 Å². The zero-order valence-corrected chi connectivity index (χ0v) is 18.4. The minimum atomic E-state index is -0.725. The van der Waals surface area contributed by atoms with Crippen LogP contribution in [0.25, 0.3) is 0 Å². The number of hydrogen-bond donors (Lipinski definition) is 1. The summed E-state index contributed by atoms with van der Waals surface area (Å²) >= 11 is 0. The minimum Gasteiger partial charge on any atom is -0.497 e. The summed E-state index contributed by atoms with van der Waals surface area (Å²) in [5, 5.41) is 14.6. The molecule has 170 valence electrons. The highest BCUT2D eigenvalue weighted by molar-refractivity contribution is 6.03. The van der Waals surface area contributed by atoms with Crippen molar-refractivity contribution >= 4 is 17.4 Å². The summed E-state index contributed by atoms with van der Waals surface area (Å²) in [5.41, 5.74) is 3.34. The van der Waals surface area contributed by atoms with Gasteiger partial charge in [0.1, 0.15) is 12.4 Å². The molecule has 8 heteroatoms. The molecule has 2 aliphatic rings. The zero-order chi connectivity index (χ0) is 23.5. The summed E-state index contributed by atoms with van der Waals surface area (Å²) in [4.78, 5) is 37.1. The number of methoxy groups -OCH3 is 1. The molecule has 0 spiro atoms. The first-order chi connectivity index (χ1) is 15.9. The van der Waals surface area contributed by atoms with Crippen molar-refractivity contribution < 1.29 is 24.0 Å². The Hall–Kier alpha value is -3.94. The molecule has 0 fully saturated rings. The van der Waals surface area contributed by atoms with E-state index in [2.05, 4.69) is 5.32 Å². The maximum absolute atomic E-state index is 13.3. The fraction of sp³-hybridized carbons (Fsp3) is 0.280. The van der Waals surface area contributed by atoms with Gasteiger partial charge in [-0.05, 0) is 43.0 Å². The SMILES string of the molecule is COc1ccc(COC(=O)C2=C(C)NC3=C(C(=O)CCC3)[C@H]2c2cccc([N+](=O)[O-])c2)cc1. The minimum absolute atomic E-state index is 0.0428. The largest absolute Gasteiger partial charge is 0.497 e. The van der Waals surface area contributed by atoms with E-state index in [-0.39, 0.29) is 23.7 Å². The molecule has 1 heterocycles. The number of nitrogens with zero attached hydrogens (tertiary/aromatic N) is 1. The second-order valence-corrected chi connectivity index (χ2v) is 8.04. The number of Topliss-reactive ketones (excluding diaryl/α,β-unsaturated/α-hetero) is 1. The molecule has 2 aromatic carbocycles. The van der Waals surface area contributed by atoms with E-state index in [1.807, 2.05) is 0 Å². The molecule has 0 bridgehead atoms. The van der Waals surface area contributed by atoms with Crippen molar-refractivity contribution in [2.24, 2.45) is 0 Å². The predicted molar refractivity (Wildman–Crippen MR) is 120 cm³/mol. The summed E-state index contributed by atoms with van der Waals surface area (Å²) in [7, 11) is 1.57. The molecule has 4 rings (SSSR count). The van der Waals surface area contributed by atoms with Gasteiger partial charge in [0.05, 0.1) is 17.6 Å². The fourth-order valence-corrected chi connectivity index (χ4v) is 4.35. The molecule has 0 amide bonds. The lowest BCUT2D eigenvalue weighted by atomic mass is 9.75. The smallest absolute Gasteiger partial charge is 0.337 e. The Morgan fingerprint density at radius 2 is 1.94 bits per heavy atom. The molecule has 0 unspecified atom stereocenters. The molecule has 1 aliphatic heterocycles. The summed E-state index contributed by atoms with van der Waals surface area (Å²) in [5.74, 6) is -0.663. The second-order valence-electron chi connectivity index (χ2n) is 8.04. The monoisotopic (exact) mass is 448 g/mol.